The molecular formula is C6H14ClN2Pt+. The monoisotopic (exact) mass is 344 g/mol. The molecule has 64 valence electrons. The van der Waals surface area contributed by atoms with E-state index in [9.17, 15) is 0 Å². The van der Waals surface area contributed by atoms with Gasteiger partial charge in [0.15, 0.2) is 0 Å². The summed E-state index contributed by atoms with van der Waals surface area (Å²) in [4.78, 5) is 0. The molecule has 0 spiro atoms. The number of hydrogen-bond acceptors (Lipinski definition) is 2. The van der Waals surface area contributed by atoms with Crippen molar-refractivity contribution in [3.63, 3.8) is 0 Å². The van der Waals surface area contributed by atoms with Crippen LogP contribution >= 0.6 is 0 Å². The summed E-state index contributed by atoms with van der Waals surface area (Å²) in [6, 6.07) is 0.879. The van der Waals surface area contributed by atoms with E-state index in [1.807, 2.05) is 0 Å². The van der Waals surface area contributed by atoms with E-state index >= 15 is 0 Å². The molecule has 1 aliphatic rings. The van der Waals surface area contributed by atoms with Gasteiger partial charge in [-0.25, -0.2) is 0 Å². The third-order valence-corrected chi connectivity index (χ3v) is 1.82. The van der Waals surface area contributed by atoms with Gasteiger partial charge in [0.05, 0.1) is 0 Å². The van der Waals surface area contributed by atoms with Crippen LogP contribution in [0.2, 0.25) is 0 Å². The van der Waals surface area contributed by atoms with Gasteiger partial charge in [0, 0.05) is 12.1 Å². The molecule has 0 aliphatic heterocycles. The molecule has 0 bridgehead atoms. The molecule has 0 aromatic carbocycles. The van der Waals surface area contributed by atoms with Crippen molar-refractivity contribution in [2.24, 2.45) is 11.5 Å². The topological polar surface area (TPSA) is 52.0 Å². The van der Waals surface area contributed by atoms with Gasteiger partial charge in [0.25, 0.3) is 0 Å². The molecule has 0 aromatic rings. The predicted molar refractivity (Wildman–Crippen MR) is 34.4 cm³/mol. The molecule has 0 atom stereocenters. The summed E-state index contributed by atoms with van der Waals surface area (Å²) in [6.45, 7) is 0. The Balaban J connectivity index is 0. The minimum Gasteiger partial charge on any atom is -1.00 e. The Bertz CT molecular complexity index is 64.1. The zero-order valence-corrected chi connectivity index (χ0v) is 8.86. The Morgan fingerprint density at radius 1 is 0.800 bits per heavy atom. The maximum Gasteiger partial charge on any atom is 2.00 e. The first kappa shape index (κ1) is 13.5. The van der Waals surface area contributed by atoms with Crippen molar-refractivity contribution in [1.29, 1.82) is 0 Å². The number of rotatable bonds is 0. The number of nitrogens with two attached hydrogens (primary N) is 2. The molecule has 10 heavy (non-hydrogen) atoms. The van der Waals surface area contributed by atoms with Crippen LogP contribution < -0.4 is 23.9 Å². The summed E-state index contributed by atoms with van der Waals surface area (Å²) in [5.41, 5.74) is 11.3. The molecule has 4 heteroatoms. The van der Waals surface area contributed by atoms with Crippen LogP contribution in [0.5, 0.6) is 0 Å². The zero-order chi connectivity index (χ0) is 5.98. The van der Waals surface area contributed by atoms with Crippen LogP contribution in [0.25, 0.3) is 0 Å². The van der Waals surface area contributed by atoms with Crippen molar-refractivity contribution in [3.05, 3.63) is 0 Å². The Hall–Kier alpha value is 0.898. The fraction of sp³-hybridized carbons (Fsp3) is 1.00. The molecule has 0 aromatic heterocycles. The molecule has 1 aliphatic carbocycles. The average Bonchev–Trinajstić information content (AvgIpc) is 1.77. The molecule has 0 unspecified atom stereocenters. The summed E-state index contributed by atoms with van der Waals surface area (Å²) < 4.78 is 0. The van der Waals surface area contributed by atoms with Crippen molar-refractivity contribution in [3.8, 4) is 0 Å². The predicted octanol–water partition coefficient (Wildman–Crippen LogP) is -2.78. The fourth-order valence-corrected chi connectivity index (χ4v) is 1.14. The fourth-order valence-electron chi connectivity index (χ4n) is 1.14. The van der Waals surface area contributed by atoms with Crippen LogP contribution in [0.1, 0.15) is 25.7 Å². The summed E-state index contributed by atoms with van der Waals surface area (Å²) >= 11 is 0. The summed E-state index contributed by atoms with van der Waals surface area (Å²) in [6.07, 6.45) is 4.50. The van der Waals surface area contributed by atoms with E-state index in [2.05, 4.69) is 0 Å². The van der Waals surface area contributed by atoms with E-state index in [0.29, 0.717) is 12.1 Å². The summed E-state index contributed by atoms with van der Waals surface area (Å²) in [5.74, 6) is 0. The number of halogens is 1. The minimum atomic E-state index is 0. The van der Waals surface area contributed by atoms with Gasteiger partial charge in [-0.15, -0.1) is 0 Å². The van der Waals surface area contributed by atoms with Crippen molar-refractivity contribution < 1.29 is 33.5 Å². The molecule has 4 N–H and O–H groups in total. The zero-order valence-electron chi connectivity index (χ0n) is 5.83. The Morgan fingerprint density at radius 3 is 1.20 bits per heavy atom. The molecule has 0 saturated heterocycles. The Morgan fingerprint density at radius 2 is 1.00 bits per heavy atom. The first-order valence-corrected chi connectivity index (χ1v) is 3.30. The van der Waals surface area contributed by atoms with Crippen molar-refractivity contribution in [1.82, 2.24) is 0 Å². The first-order chi connectivity index (χ1) is 3.79. The van der Waals surface area contributed by atoms with Crippen LogP contribution in [0.4, 0.5) is 0 Å². The second-order valence-electron chi connectivity index (χ2n) is 2.67. The van der Waals surface area contributed by atoms with Crippen LogP contribution in [0.15, 0.2) is 0 Å². The second-order valence-corrected chi connectivity index (χ2v) is 2.67. The van der Waals surface area contributed by atoms with Gasteiger partial charge in [0.2, 0.25) is 0 Å². The van der Waals surface area contributed by atoms with Crippen LogP contribution in [0, 0.1) is 0 Å². The van der Waals surface area contributed by atoms with E-state index in [4.69, 9.17) is 11.5 Å². The van der Waals surface area contributed by atoms with E-state index in [-0.39, 0.29) is 33.5 Å². The van der Waals surface area contributed by atoms with Gasteiger partial charge in [-0.1, -0.05) is 0 Å². The molecule has 0 heterocycles. The Kier molecular flexibility index (Phi) is 8.90. The standard InChI is InChI=1S/C6H14N2.ClH.Pt/c7-5-1-2-6(8)4-3-5;;/h5-6H,1-4,7-8H2;1H;/q;;+2/p-1. The third kappa shape index (κ3) is 4.67. The molecule has 1 rings (SSSR count). The minimum absolute atomic E-state index is 0. The van der Waals surface area contributed by atoms with Gasteiger partial charge in [-0.3, -0.25) is 0 Å². The van der Waals surface area contributed by atoms with Crippen molar-refractivity contribution in [2.45, 2.75) is 37.8 Å². The average molecular weight is 345 g/mol. The van der Waals surface area contributed by atoms with Gasteiger partial charge in [-0.2, -0.15) is 0 Å². The third-order valence-electron chi connectivity index (χ3n) is 1.82. The van der Waals surface area contributed by atoms with Gasteiger partial charge < -0.3 is 23.9 Å². The first-order valence-electron chi connectivity index (χ1n) is 3.30. The molecule has 2 nitrogen and oxygen atoms in total. The van der Waals surface area contributed by atoms with Crippen molar-refractivity contribution in [2.75, 3.05) is 0 Å². The molecule has 0 amide bonds. The summed E-state index contributed by atoms with van der Waals surface area (Å²) in [7, 11) is 0. The molecule has 0 radical (unpaired) electrons. The van der Waals surface area contributed by atoms with Crippen LogP contribution in [0.3, 0.4) is 0 Å². The van der Waals surface area contributed by atoms with E-state index in [1.54, 1.807) is 0 Å². The molecular weight excluding hydrogens is 331 g/mol. The normalized spacial score (nSPS) is 31.8. The van der Waals surface area contributed by atoms with Gasteiger partial charge in [0.1, 0.15) is 0 Å². The van der Waals surface area contributed by atoms with Gasteiger partial charge >= 0.3 is 21.1 Å². The van der Waals surface area contributed by atoms with Gasteiger partial charge in [-0.05, 0) is 25.7 Å². The number of hydrogen-bond donors (Lipinski definition) is 2. The van der Waals surface area contributed by atoms with Crippen molar-refractivity contribution >= 4 is 0 Å². The quantitative estimate of drug-likeness (QED) is 0.499. The van der Waals surface area contributed by atoms with E-state index < -0.39 is 0 Å². The van der Waals surface area contributed by atoms with Crippen LogP contribution in [-0.4, -0.2) is 12.1 Å². The smallest absolute Gasteiger partial charge is 1.00 e. The SMILES string of the molecule is NC1CCC(N)CC1.[Cl-].[Pt+2]. The maximum atomic E-state index is 5.64. The molecule has 1 fully saturated rings. The van der Waals surface area contributed by atoms with E-state index in [1.165, 1.54) is 0 Å². The maximum absolute atomic E-state index is 5.64. The second kappa shape index (κ2) is 6.60. The Labute approximate surface area is 82.8 Å². The van der Waals surface area contributed by atoms with E-state index in [0.717, 1.165) is 25.7 Å². The van der Waals surface area contributed by atoms with Crippen LogP contribution in [-0.2, 0) is 21.1 Å². The summed E-state index contributed by atoms with van der Waals surface area (Å²) in [5, 5.41) is 0. The molecule has 1 saturated carbocycles. The largest absolute Gasteiger partial charge is 2.00 e.